The van der Waals surface area contributed by atoms with E-state index in [1.807, 2.05) is 13.8 Å². The van der Waals surface area contributed by atoms with Crippen LogP contribution in [0.2, 0.25) is 0 Å². The second-order valence-electron chi connectivity index (χ2n) is 2.36. The third kappa shape index (κ3) is 6.39. The summed E-state index contributed by atoms with van der Waals surface area (Å²) in [4.78, 5) is 0. The molecule has 0 aliphatic rings. The van der Waals surface area contributed by atoms with Crippen LogP contribution >= 0.6 is 0 Å². The van der Waals surface area contributed by atoms with Gasteiger partial charge in [0.15, 0.2) is 10.3 Å². The van der Waals surface area contributed by atoms with Crippen molar-refractivity contribution in [1.29, 1.82) is 0 Å². The van der Waals surface area contributed by atoms with Gasteiger partial charge in [-0.25, -0.2) is 12.7 Å². The first-order chi connectivity index (χ1) is 5.02. The third-order valence-corrected chi connectivity index (χ3v) is 2.26. The molecule has 0 radical (unpaired) electrons. The first kappa shape index (κ1) is 15.3. The van der Waals surface area contributed by atoms with Crippen LogP contribution in [0.1, 0.15) is 26.7 Å². The van der Waals surface area contributed by atoms with E-state index in [0.717, 1.165) is 4.31 Å². The number of rotatable bonds is 5. The van der Waals surface area contributed by atoms with E-state index in [1.54, 1.807) is 0 Å². The SMILES string of the molecule is CCCN(CCC)S(=O)(=O)[O-].[Na+]. The molecule has 0 aliphatic carbocycles. The van der Waals surface area contributed by atoms with Crippen molar-refractivity contribution in [2.75, 3.05) is 13.1 Å². The van der Waals surface area contributed by atoms with Gasteiger partial charge < -0.3 is 4.55 Å². The van der Waals surface area contributed by atoms with Crippen molar-refractivity contribution in [3.8, 4) is 0 Å². The Balaban J connectivity index is 0. The van der Waals surface area contributed by atoms with E-state index in [9.17, 15) is 13.0 Å². The molecule has 68 valence electrons. The second-order valence-corrected chi connectivity index (χ2v) is 3.73. The Kier molecular flexibility index (Phi) is 9.32. The van der Waals surface area contributed by atoms with Gasteiger partial charge in [-0.2, -0.15) is 0 Å². The molecular weight excluding hydrogens is 189 g/mol. The average molecular weight is 203 g/mol. The minimum Gasteiger partial charge on any atom is -0.735 e. The molecule has 0 aliphatic heterocycles. The molecule has 0 saturated heterocycles. The summed E-state index contributed by atoms with van der Waals surface area (Å²) in [5.74, 6) is 0. The quantitative estimate of drug-likeness (QED) is 0.369. The summed E-state index contributed by atoms with van der Waals surface area (Å²) in [5.41, 5.74) is 0. The number of nitrogens with zero attached hydrogens (tertiary/aromatic N) is 1. The smallest absolute Gasteiger partial charge is 0.735 e. The summed E-state index contributed by atoms with van der Waals surface area (Å²) < 4.78 is 32.4. The van der Waals surface area contributed by atoms with E-state index in [2.05, 4.69) is 0 Å². The van der Waals surface area contributed by atoms with Crippen molar-refractivity contribution < 1.29 is 42.5 Å². The van der Waals surface area contributed by atoms with Crippen LogP contribution < -0.4 is 29.6 Å². The molecule has 0 aromatic rings. The molecule has 0 saturated carbocycles. The molecular formula is C6H14NNaO3S. The van der Waals surface area contributed by atoms with Gasteiger partial charge in [-0.15, -0.1) is 0 Å². The molecule has 12 heavy (non-hydrogen) atoms. The largest absolute Gasteiger partial charge is 1.00 e. The summed E-state index contributed by atoms with van der Waals surface area (Å²) in [5, 5.41) is 0. The predicted molar refractivity (Wildman–Crippen MR) is 41.9 cm³/mol. The zero-order chi connectivity index (χ0) is 8.91. The van der Waals surface area contributed by atoms with Gasteiger partial charge in [0.25, 0.3) is 0 Å². The molecule has 4 nitrogen and oxygen atoms in total. The molecule has 0 fully saturated rings. The van der Waals surface area contributed by atoms with Crippen LogP contribution in [-0.2, 0) is 10.3 Å². The van der Waals surface area contributed by atoms with E-state index < -0.39 is 10.3 Å². The molecule has 0 aromatic carbocycles. The maximum absolute atomic E-state index is 10.5. The predicted octanol–water partition coefficient (Wildman–Crippen LogP) is -2.43. The first-order valence-electron chi connectivity index (χ1n) is 3.73. The fourth-order valence-corrected chi connectivity index (χ4v) is 1.65. The van der Waals surface area contributed by atoms with Crippen LogP contribution in [0.3, 0.4) is 0 Å². The number of hydrogen-bond donors (Lipinski definition) is 0. The average Bonchev–Trinajstić information content (AvgIpc) is 1.85. The molecule has 6 heteroatoms. The van der Waals surface area contributed by atoms with Gasteiger partial charge in [0.2, 0.25) is 0 Å². The van der Waals surface area contributed by atoms with Crippen LogP contribution in [-0.4, -0.2) is 30.4 Å². The van der Waals surface area contributed by atoms with Gasteiger partial charge in [0, 0.05) is 13.1 Å². The normalized spacial score (nSPS) is 11.3. The first-order valence-corrected chi connectivity index (χ1v) is 5.09. The molecule has 0 unspecified atom stereocenters. The molecule has 0 atom stereocenters. The maximum Gasteiger partial charge on any atom is 1.00 e. The summed E-state index contributed by atoms with van der Waals surface area (Å²) in [6, 6.07) is 0. The van der Waals surface area contributed by atoms with Crippen molar-refractivity contribution in [2.45, 2.75) is 26.7 Å². The molecule has 0 heterocycles. The summed E-state index contributed by atoms with van der Waals surface area (Å²) >= 11 is 0. The molecule has 0 spiro atoms. The Morgan fingerprint density at radius 2 is 1.50 bits per heavy atom. The van der Waals surface area contributed by atoms with Crippen LogP contribution in [0.5, 0.6) is 0 Å². The van der Waals surface area contributed by atoms with Gasteiger partial charge in [-0.05, 0) is 12.8 Å². The summed E-state index contributed by atoms with van der Waals surface area (Å²) in [6.07, 6.45) is 1.36. The Labute approximate surface area is 96.5 Å². The molecule has 0 rings (SSSR count). The van der Waals surface area contributed by atoms with Crippen LogP contribution in [0.25, 0.3) is 0 Å². The van der Waals surface area contributed by atoms with E-state index >= 15 is 0 Å². The topological polar surface area (TPSA) is 60.4 Å². The molecule has 0 aromatic heterocycles. The summed E-state index contributed by atoms with van der Waals surface area (Å²) in [7, 11) is -4.21. The Hall–Kier alpha value is 0.870. The Morgan fingerprint density at radius 1 is 1.17 bits per heavy atom. The fourth-order valence-electron chi connectivity index (χ4n) is 0.834. The van der Waals surface area contributed by atoms with E-state index in [4.69, 9.17) is 0 Å². The Morgan fingerprint density at radius 3 is 1.67 bits per heavy atom. The van der Waals surface area contributed by atoms with Crippen molar-refractivity contribution in [2.24, 2.45) is 0 Å². The Bertz CT molecular complexity index is 187. The molecule has 0 N–H and O–H groups in total. The second kappa shape index (κ2) is 7.29. The van der Waals surface area contributed by atoms with Gasteiger partial charge in [-0.1, -0.05) is 13.8 Å². The van der Waals surface area contributed by atoms with Crippen LogP contribution in [0.4, 0.5) is 0 Å². The van der Waals surface area contributed by atoms with Gasteiger partial charge in [0.1, 0.15) is 0 Å². The minimum absolute atomic E-state index is 0. The maximum atomic E-state index is 10.5. The molecule has 0 amide bonds. The van der Waals surface area contributed by atoms with Crippen LogP contribution in [0, 0.1) is 0 Å². The van der Waals surface area contributed by atoms with Gasteiger partial charge in [-0.3, -0.25) is 0 Å². The zero-order valence-corrected chi connectivity index (χ0v) is 10.7. The van der Waals surface area contributed by atoms with E-state index in [0.29, 0.717) is 25.9 Å². The summed E-state index contributed by atoms with van der Waals surface area (Å²) in [6.45, 7) is 4.35. The number of hydrogen-bond acceptors (Lipinski definition) is 3. The van der Waals surface area contributed by atoms with Crippen molar-refractivity contribution in [1.82, 2.24) is 4.31 Å². The zero-order valence-electron chi connectivity index (χ0n) is 7.91. The molecule has 0 bridgehead atoms. The van der Waals surface area contributed by atoms with E-state index in [1.165, 1.54) is 0 Å². The van der Waals surface area contributed by atoms with Gasteiger partial charge in [0.05, 0.1) is 0 Å². The van der Waals surface area contributed by atoms with E-state index in [-0.39, 0.29) is 29.6 Å². The van der Waals surface area contributed by atoms with Crippen molar-refractivity contribution >= 4 is 10.3 Å². The standard InChI is InChI=1S/C6H15NO3S.Na/c1-3-5-7(6-4-2)11(8,9)10;/h3-6H2,1-2H3,(H,8,9,10);/q;+1/p-1. The van der Waals surface area contributed by atoms with Crippen molar-refractivity contribution in [3.63, 3.8) is 0 Å². The van der Waals surface area contributed by atoms with Crippen LogP contribution in [0.15, 0.2) is 0 Å². The fraction of sp³-hybridized carbons (Fsp3) is 1.00. The minimum atomic E-state index is -4.21. The monoisotopic (exact) mass is 203 g/mol. The third-order valence-electron chi connectivity index (χ3n) is 1.26. The van der Waals surface area contributed by atoms with Crippen molar-refractivity contribution in [3.05, 3.63) is 0 Å². The van der Waals surface area contributed by atoms with Gasteiger partial charge >= 0.3 is 29.6 Å².